The maximum Gasteiger partial charge on any atom is 0.230 e. The maximum atomic E-state index is 11.2. The molecule has 0 bridgehead atoms. The number of nitrogens with two attached hydrogens (primary N) is 1. The Morgan fingerprint density at radius 1 is 1.38 bits per heavy atom. The number of phenolic OH excluding ortho intramolecular Hbond substituents is 1. The smallest absolute Gasteiger partial charge is 0.230 e. The van der Waals surface area contributed by atoms with Gasteiger partial charge in [0.15, 0.2) is 0 Å². The molecule has 16 heavy (non-hydrogen) atoms. The van der Waals surface area contributed by atoms with Crippen molar-refractivity contribution >= 4 is 30.1 Å². The third-order valence-electron chi connectivity index (χ3n) is 1.67. The fourth-order valence-corrected chi connectivity index (χ4v) is 1.68. The highest BCUT2D eigenvalue weighted by atomic mass is 35.5. The summed E-state index contributed by atoms with van der Waals surface area (Å²) in [6.45, 7) is 0.963. The van der Waals surface area contributed by atoms with Crippen LogP contribution < -0.4 is 11.1 Å². The van der Waals surface area contributed by atoms with Gasteiger partial charge in [0, 0.05) is 18.0 Å². The Kier molecular flexibility index (Phi) is 7.80. The molecule has 4 nitrogen and oxygen atoms in total. The molecule has 0 aromatic heterocycles. The molecule has 0 heterocycles. The number of rotatable bonds is 5. The molecule has 0 saturated carbocycles. The fourth-order valence-electron chi connectivity index (χ4n) is 0.954. The molecule has 0 aliphatic heterocycles. The number of carbonyl (C=O) groups is 1. The van der Waals surface area contributed by atoms with Crippen molar-refractivity contribution in [1.82, 2.24) is 5.32 Å². The number of hydrogen-bond acceptors (Lipinski definition) is 4. The summed E-state index contributed by atoms with van der Waals surface area (Å²) in [4.78, 5) is 12.2. The number of amides is 1. The molecular formula is C10H15ClN2O2S. The second-order valence-corrected chi connectivity index (χ2v) is 3.97. The van der Waals surface area contributed by atoms with Crippen molar-refractivity contribution < 1.29 is 9.90 Å². The molecule has 0 fully saturated rings. The predicted molar refractivity (Wildman–Crippen MR) is 68.1 cm³/mol. The van der Waals surface area contributed by atoms with Crippen LogP contribution in [0, 0.1) is 0 Å². The molecule has 1 amide bonds. The molecule has 0 saturated heterocycles. The van der Waals surface area contributed by atoms with E-state index in [-0.39, 0.29) is 24.1 Å². The van der Waals surface area contributed by atoms with Crippen molar-refractivity contribution in [1.29, 1.82) is 0 Å². The van der Waals surface area contributed by atoms with Gasteiger partial charge >= 0.3 is 0 Å². The topological polar surface area (TPSA) is 75.3 Å². The lowest BCUT2D eigenvalue weighted by Crippen LogP contribution is -2.30. The van der Waals surface area contributed by atoms with Crippen molar-refractivity contribution in [3.05, 3.63) is 24.3 Å². The van der Waals surface area contributed by atoms with Gasteiger partial charge in [-0.1, -0.05) is 0 Å². The van der Waals surface area contributed by atoms with Gasteiger partial charge in [0.25, 0.3) is 0 Å². The van der Waals surface area contributed by atoms with Gasteiger partial charge in [0.1, 0.15) is 5.75 Å². The van der Waals surface area contributed by atoms with E-state index in [0.29, 0.717) is 18.8 Å². The molecule has 1 aromatic rings. The van der Waals surface area contributed by atoms with Gasteiger partial charge < -0.3 is 16.2 Å². The number of carbonyl (C=O) groups excluding carboxylic acids is 1. The van der Waals surface area contributed by atoms with Gasteiger partial charge in [0.2, 0.25) is 5.91 Å². The minimum Gasteiger partial charge on any atom is -0.508 e. The Morgan fingerprint density at radius 3 is 2.56 bits per heavy atom. The molecule has 90 valence electrons. The minimum atomic E-state index is -0.0291. The number of halogens is 1. The standard InChI is InChI=1S/C10H14N2O2S.ClH/c11-5-6-12-10(14)7-15-9-3-1-8(13)2-4-9;/h1-4,13H,5-7,11H2,(H,12,14);1H. The zero-order valence-corrected chi connectivity index (χ0v) is 10.3. The number of phenols is 1. The molecule has 6 heteroatoms. The van der Waals surface area contributed by atoms with Gasteiger partial charge in [-0.15, -0.1) is 24.2 Å². The Hall–Kier alpha value is -0.910. The Labute approximate surface area is 105 Å². The lowest BCUT2D eigenvalue weighted by Gasteiger charge is -2.03. The van der Waals surface area contributed by atoms with Crippen LogP contribution in [0.4, 0.5) is 0 Å². The Morgan fingerprint density at radius 2 is 2.00 bits per heavy atom. The number of benzene rings is 1. The van der Waals surface area contributed by atoms with E-state index < -0.39 is 0 Å². The van der Waals surface area contributed by atoms with Crippen LogP contribution in [0.5, 0.6) is 5.75 Å². The summed E-state index contributed by atoms with van der Waals surface area (Å²) in [5.41, 5.74) is 5.25. The summed E-state index contributed by atoms with van der Waals surface area (Å²) in [6.07, 6.45) is 0. The molecule has 0 aliphatic carbocycles. The highest BCUT2D eigenvalue weighted by Crippen LogP contribution is 2.20. The third kappa shape index (κ3) is 5.85. The summed E-state index contributed by atoms with van der Waals surface area (Å²) in [6, 6.07) is 6.74. The maximum absolute atomic E-state index is 11.2. The van der Waals surface area contributed by atoms with E-state index in [4.69, 9.17) is 10.8 Å². The van der Waals surface area contributed by atoms with Crippen molar-refractivity contribution in [3.63, 3.8) is 0 Å². The SMILES string of the molecule is Cl.NCCNC(=O)CSc1ccc(O)cc1. The van der Waals surface area contributed by atoms with E-state index in [1.807, 2.05) is 0 Å². The van der Waals surface area contributed by atoms with Crippen LogP contribution in [0.2, 0.25) is 0 Å². The van der Waals surface area contributed by atoms with Gasteiger partial charge in [-0.25, -0.2) is 0 Å². The summed E-state index contributed by atoms with van der Waals surface area (Å²) in [7, 11) is 0. The van der Waals surface area contributed by atoms with Crippen LogP contribution >= 0.6 is 24.2 Å². The second kappa shape index (κ2) is 8.27. The highest BCUT2D eigenvalue weighted by molar-refractivity contribution is 8.00. The van der Waals surface area contributed by atoms with Gasteiger partial charge in [-0.05, 0) is 24.3 Å². The summed E-state index contributed by atoms with van der Waals surface area (Å²) in [5.74, 6) is 0.565. The fraction of sp³-hybridized carbons (Fsp3) is 0.300. The van der Waals surface area contributed by atoms with E-state index >= 15 is 0 Å². The monoisotopic (exact) mass is 262 g/mol. The summed E-state index contributed by atoms with van der Waals surface area (Å²) >= 11 is 1.42. The van der Waals surface area contributed by atoms with E-state index in [9.17, 15) is 4.79 Å². The van der Waals surface area contributed by atoms with Crippen LogP contribution in [-0.2, 0) is 4.79 Å². The first kappa shape index (κ1) is 15.1. The molecule has 1 rings (SSSR count). The number of thioether (sulfide) groups is 1. The van der Waals surface area contributed by atoms with Crippen molar-refractivity contribution in [2.24, 2.45) is 5.73 Å². The van der Waals surface area contributed by atoms with Crippen LogP contribution in [0.3, 0.4) is 0 Å². The van der Waals surface area contributed by atoms with Crippen LogP contribution in [0.1, 0.15) is 0 Å². The van der Waals surface area contributed by atoms with E-state index in [1.165, 1.54) is 11.8 Å². The van der Waals surface area contributed by atoms with Crippen LogP contribution in [0.15, 0.2) is 29.2 Å². The van der Waals surface area contributed by atoms with Crippen LogP contribution in [-0.4, -0.2) is 29.9 Å². The largest absolute Gasteiger partial charge is 0.508 e. The zero-order valence-electron chi connectivity index (χ0n) is 8.68. The molecule has 1 aromatic carbocycles. The first-order valence-electron chi connectivity index (χ1n) is 4.61. The van der Waals surface area contributed by atoms with Crippen molar-refractivity contribution in [2.75, 3.05) is 18.8 Å². The Balaban J connectivity index is 0.00000225. The molecule has 0 unspecified atom stereocenters. The first-order chi connectivity index (χ1) is 7.22. The van der Waals surface area contributed by atoms with Gasteiger partial charge in [-0.2, -0.15) is 0 Å². The van der Waals surface area contributed by atoms with Crippen molar-refractivity contribution in [3.8, 4) is 5.75 Å². The third-order valence-corrected chi connectivity index (χ3v) is 2.69. The van der Waals surface area contributed by atoms with Crippen molar-refractivity contribution in [2.45, 2.75) is 4.90 Å². The number of aromatic hydroxyl groups is 1. The lowest BCUT2D eigenvalue weighted by molar-refractivity contribution is -0.118. The average Bonchev–Trinajstić information content (AvgIpc) is 2.25. The summed E-state index contributed by atoms with van der Waals surface area (Å²) < 4.78 is 0. The molecule has 0 spiro atoms. The molecule has 0 aliphatic rings. The van der Waals surface area contributed by atoms with E-state index in [1.54, 1.807) is 24.3 Å². The van der Waals surface area contributed by atoms with Gasteiger partial charge in [-0.3, -0.25) is 4.79 Å². The number of hydrogen-bond donors (Lipinski definition) is 3. The molecule has 0 radical (unpaired) electrons. The average molecular weight is 263 g/mol. The summed E-state index contributed by atoms with van der Waals surface area (Å²) in [5, 5.41) is 11.7. The predicted octanol–water partition coefficient (Wildman–Crippen LogP) is 0.981. The molecule has 0 atom stereocenters. The molecular weight excluding hydrogens is 248 g/mol. The quantitative estimate of drug-likeness (QED) is 0.692. The molecule has 4 N–H and O–H groups in total. The Bertz CT molecular complexity index is 319. The van der Waals surface area contributed by atoms with Gasteiger partial charge in [0.05, 0.1) is 5.75 Å². The number of nitrogens with one attached hydrogen (secondary N) is 1. The first-order valence-corrected chi connectivity index (χ1v) is 5.59. The minimum absolute atomic E-state index is 0. The normalized spacial score (nSPS) is 9.31. The van der Waals surface area contributed by atoms with Crippen LogP contribution in [0.25, 0.3) is 0 Å². The van der Waals surface area contributed by atoms with E-state index in [0.717, 1.165) is 4.90 Å². The zero-order chi connectivity index (χ0) is 11.1. The second-order valence-electron chi connectivity index (χ2n) is 2.92. The van der Waals surface area contributed by atoms with E-state index in [2.05, 4.69) is 5.32 Å². The highest BCUT2D eigenvalue weighted by Gasteiger charge is 2.01. The lowest BCUT2D eigenvalue weighted by atomic mass is 10.3.